The average Bonchev–Trinajstić information content (AvgIpc) is 2.54. The Kier molecular flexibility index (Phi) is 5.51. The number of carbonyl (C=O) groups is 1. The van der Waals surface area contributed by atoms with Crippen molar-refractivity contribution in [2.24, 2.45) is 5.92 Å². The van der Waals surface area contributed by atoms with Gasteiger partial charge in [0.05, 0.1) is 5.54 Å². The van der Waals surface area contributed by atoms with Crippen LogP contribution in [-0.2, 0) is 10.3 Å². The van der Waals surface area contributed by atoms with E-state index >= 15 is 0 Å². The van der Waals surface area contributed by atoms with Crippen LogP contribution in [-0.4, -0.2) is 28.4 Å². The van der Waals surface area contributed by atoms with E-state index in [1.54, 1.807) is 0 Å². The molecule has 1 aliphatic carbocycles. The van der Waals surface area contributed by atoms with Gasteiger partial charge in [0, 0.05) is 6.54 Å². The molecule has 0 saturated heterocycles. The third kappa shape index (κ3) is 3.83. The zero-order chi connectivity index (χ0) is 16.0. The summed E-state index contributed by atoms with van der Waals surface area (Å²) in [6.45, 7) is 4.81. The number of nitrogens with zero attached hydrogens (tertiary/aromatic N) is 3. The van der Waals surface area contributed by atoms with Crippen LogP contribution >= 0.6 is 0 Å². The van der Waals surface area contributed by atoms with Crippen LogP contribution in [0.3, 0.4) is 0 Å². The Bertz CT molecular complexity index is 541. The van der Waals surface area contributed by atoms with Gasteiger partial charge in [-0.3, -0.25) is 4.79 Å². The minimum absolute atomic E-state index is 0.234. The molecule has 118 valence electrons. The van der Waals surface area contributed by atoms with Gasteiger partial charge in [-0.25, -0.2) is 0 Å². The normalized spacial score (nSPS) is 15.9. The third-order valence-corrected chi connectivity index (χ3v) is 4.75. The maximum atomic E-state index is 12.5. The van der Waals surface area contributed by atoms with Crippen LogP contribution in [0.2, 0.25) is 0 Å². The topological polar surface area (TPSA) is 56.7 Å². The van der Waals surface area contributed by atoms with Crippen LogP contribution < -0.4 is 0 Å². The van der Waals surface area contributed by atoms with Crippen LogP contribution in [0, 0.1) is 5.92 Å². The van der Waals surface area contributed by atoms with Gasteiger partial charge in [0.2, 0.25) is 0 Å². The number of amides is 1. The van der Waals surface area contributed by atoms with Crippen molar-refractivity contribution in [3.63, 3.8) is 0 Å². The zero-order valence-electron chi connectivity index (χ0n) is 13.5. The molecular weight excluding hydrogens is 274 g/mol. The summed E-state index contributed by atoms with van der Waals surface area (Å²) in [5, 5.41) is 0. The highest BCUT2D eigenvalue weighted by molar-refractivity contribution is 6.24. The quantitative estimate of drug-likeness (QED) is 0.465. The summed E-state index contributed by atoms with van der Waals surface area (Å²) >= 11 is 0. The fraction of sp³-hybridized carbons (Fsp3) is 0.556. The molecule has 0 aromatic heterocycles. The Morgan fingerprint density at radius 2 is 1.91 bits per heavy atom. The minimum Gasteiger partial charge on any atom is -0.361 e. The first-order valence-corrected chi connectivity index (χ1v) is 8.10. The first kappa shape index (κ1) is 16.4. The molecule has 4 heteroatoms. The second kappa shape index (κ2) is 7.37. The maximum Gasteiger partial charge on any atom is 0.344 e. The highest BCUT2D eigenvalue weighted by Gasteiger charge is 2.35. The van der Waals surface area contributed by atoms with E-state index in [0.717, 1.165) is 11.8 Å². The van der Waals surface area contributed by atoms with Crippen molar-refractivity contribution in [2.75, 3.05) is 6.54 Å². The number of rotatable bonds is 5. The van der Waals surface area contributed by atoms with Crippen LogP contribution in [0.4, 0.5) is 0 Å². The summed E-state index contributed by atoms with van der Waals surface area (Å²) in [4.78, 5) is 17.2. The predicted molar refractivity (Wildman–Crippen MR) is 87.4 cm³/mol. The van der Waals surface area contributed by atoms with Gasteiger partial charge in [-0.2, -0.15) is 4.79 Å². The van der Waals surface area contributed by atoms with E-state index in [0.29, 0.717) is 12.5 Å². The first-order chi connectivity index (χ1) is 10.6. The Morgan fingerprint density at radius 1 is 1.27 bits per heavy atom. The smallest absolute Gasteiger partial charge is 0.344 e. The summed E-state index contributed by atoms with van der Waals surface area (Å²) in [5.41, 5.74) is 9.40. The third-order valence-electron chi connectivity index (χ3n) is 4.75. The molecule has 1 aromatic rings. The summed E-state index contributed by atoms with van der Waals surface area (Å²) in [6.07, 6.45) is 7.13. The molecule has 0 radical (unpaired) electrons. The van der Waals surface area contributed by atoms with Gasteiger partial charge in [-0.15, -0.1) is 0 Å². The lowest BCUT2D eigenvalue weighted by Gasteiger charge is -2.40. The van der Waals surface area contributed by atoms with Crippen molar-refractivity contribution in [1.29, 1.82) is 0 Å². The summed E-state index contributed by atoms with van der Waals surface area (Å²) in [7, 11) is 0. The van der Waals surface area contributed by atoms with Crippen molar-refractivity contribution in [3.05, 3.63) is 41.4 Å². The monoisotopic (exact) mass is 299 g/mol. The van der Waals surface area contributed by atoms with Crippen LogP contribution in [0.1, 0.15) is 51.5 Å². The lowest BCUT2D eigenvalue weighted by atomic mass is 9.86. The molecule has 0 unspecified atom stereocenters. The second-order valence-electron chi connectivity index (χ2n) is 6.62. The summed E-state index contributed by atoms with van der Waals surface area (Å²) in [5.74, 6) is 0.301. The highest BCUT2D eigenvalue weighted by Crippen LogP contribution is 2.32. The lowest BCUT2D eigenvalue weighted by molar-refractivity contribution is -0.133. The van der Waals surface area contributed by atoms with Crippen molar-refractivity contribution in [1.82, 2.24) is 4.90 Å². The molecule has 2 rings (SSSR count). The number of carbonyl (C=O) groups excluding carboxylic acids is 1. The number of hydrogen-bond donors (Lipinski definition) is 0. The SMILES string of the molecule is CC(C)(c1ccccc1)N(CC1CCCCC1)C(=O)C=[N+]=[N-]. The Balaban J connectivity index is 2.26. The Morgan fingerprint density at radius 3 is 2.50 bits per heavy atom. The second-order valence-corrected chi connectivity index (χ2v) is 6.62. The zero-order valence-corrected chi connectivity index (χ0v) is 13.5. The van der Waals surface area contributed by atoms with Gasteiger partial charge in [0.25, 0.3) is 0 Å². The molecule has 1 fully saturated rings. The van der Waals surface area contributed by atoms with E-state index < -0.39 is 5.54 Å². The fourth-order valence-electron chi connectivity index (χ4n) is 3.34. The van der Waals surface area contributed by atoms with Gasteiger partial charge in [0.15, 0.2) is 0 Å². The standard InChI is InChI=1S/C18H25N3O/c1-18(2,16-11-7-4-8-12-16)21(17(22)13-20-19)14-15-9-5-3-6-10-15/h4,7-8,11-13,15H,3,5-6,9-10,14H2,1-2H3. The molecule has 0 N–H and O–H groups in total. The van der Waals surface area contributed by atoms with E-state index in [4.69, 9.17) is 5.53 Å². The predicted octanol–water partition coefficient (Wildman–Crippen LogP) is 3.63. The van der Waals surface area contributed by atoms with Crippen molar-refractivity contribution < 1.29 is 9.58 Å². The molecule has 0 aliphatic heterocycles. The van der Waals surface area contributed by atoms with Crippen LogP contribution in [0.5, 0.6) is 0 Å². The molecule has 0 bridgehead atoms. The molecule has 1 amide bonds. The molecule has 22 heavy (non-hydrogen) atoms. The van der Waals surface area contributed by atoms with E-state index in [-0.39, 0.29) is 5.91 Å². The summed E-state index contributed by atoms with van der Waals surface area (Å²) in [6, 6.07) is 10.0. The molecule has 0 spiro atoms. The molecule has 0 atom stereocenters. The lowest BCUT2D eigenvalue weighted by Crippen LogP contribution is -2.48. The van der Waals surface area contributed by atoms with E-state index in [9.17, 15) is 4.79 Å². The summed E-state index contributed by atoms with van der Waals surface area (Å²) < 4.78 is 0. The molecule has 1 aromatic carbocycles. The largest absolute Gasteiger partial charge is 0.361 e. The first-order valence-electron chi connectivity index (χ1n) is 8.10. The average molecular weight is 299 g/mol. The Hall–Kier alpha value is -1.93. The van der Waals surface area contributed by atoms with Gasteiger partial charge in [0.1, 0.15) is 0 Å². The minimum atomic E-state index is -0.434. The van der Waals surface area contributed by atoms with Crippen LogP contribution in [0.15, 0.2) is 30.3 Å². The highest BCUT2D eigenvalue weighted by atomic mass is 16.2. The van der Waals surface area contributed by atoms with Crippen molar-refractivity contribution >= 4 is 12.1 Å². The van der Waals surface area contributed by atoms with Gasteiger partial charge < -0.3 is 10.4 Å². The fourth-order valence-corrected chi connectivity index (χ4v) is 3.34. The number of benzene rings is 1. The maximum absolute atomic E-state index is 12.5. The van der Waals surface area contributed by atoms with Gasteiger partial charge in [-0.1, -0.05) is 49.6 Å². The Labute approximate surface area is 132 Å². The molecular formula is C18H25N3O. The van der Waals surface area contributed by atoms with Gasteiger partial charge in [-0.05, 0) is 38.2 Å². The van der Waals surface area contributed by atoms with Crippen molar-refractivity contribution in [2.45, 2.75) is 51.5 Å². The number of hydrogen-bond acceptors (Lipinski definition) is 1. The van der Waals surface area contributed by atoms with E-state index in [1.807, 2.05) is 49.1 Å². The van der Waals surface area contributed by atoms with E-state index in [2.05, 4.69) is 4.79 Å². The van der Waals surface area contributed by atoms with Gasteiger partial charge >= 0.3 is 12.1 Å². The molecule has 0 heterocycles. The molecule has 1 saturated carbocycles. The van der Waals surface area contributed by atoms with Crippen molar-refractivity contribution in [3.8, 4) is 0 Å². The molecule has 4 nitrogen and oxygen atoms in total. The van der Waals surface area contributed by atoms with E-state index in [1.165, 1.54) is 32.1 Å². The van der Waals surface area contributed by atoms with Crippen LogP contribution in [0.25, 0.3) is 5.53 Å². The molecule has 1 aliphatic rings.